The highest BCUT2D eigenvalue weighted by atomic mass is 16.2. The normalized spacial score (nSPS) is 28.1. The van der Waals surface area contributed by atoms with E-state index in [0.717, 1.165) is 18.5 Å². The SMILES string of the molecule is O=C1N[C@H](Cc2c[nH]cn2)C(=O)N2CCCC12. The summed E-state index contributed by atoms with van der Waals surface area (Å²) in [4.78, 5) is 32.6. The number of amides is 2. The van der Waals surface area contributed by atoms with Crippen molar-refractivity contribution < 1.29 is 9.59 Å². The molecule has 2 N–H and O–H groups in total. The van der Waals surface area contributed by atoms with Gasteiger partial charge in [-0.25, -0.2) is 4.98 Å². The molecule has 1 aromatic rings. The predicted octanol–water partition coefficient (Wildman–Crippen LogP) is -0.558. The molecule has 17 heavy (non-hydrogen) atoms. The summed E-state index contributed by atoms with van der Waals surface area (Å²) in [6, 6.07) is -0.696. The van der Waals surface area contributed by atoms with Crippen molar-refractivity contribution in [2.24, 2.45) is 0 Å². The van der Waals surface area contributed by atoms with E-state index in [-0.39, 0.29) is 17.9 Å². The van der Waals surface area contributed by atoms with Gasteiger partial charge in [0.1, 0.15) is 12.1 Å². The average molecular weight is 234 g/mol. The van der Waals surface area contributed by atoms with E-state index in [1.54, 1.807) is 17.4 Å². The molecule has 6 heteroatoms. The van der Waals surface area contributed by atoms with E-state index in [4.69, 9.17) is 0 Å². The topological polar surface area (TPSA) is 78.1 Å². The molecule has 3 rings (SSSR count). The van der Waals surface area contributed by atoms with Crippen LogP contribution in [0.15, 0.2) is 12.5 Å². The Morgan fingerprint density at radius 1 is 1.47 bits per heavy atom. The summed E-state index contributed by atoms with van der Waals surface area (Å²) in [5, 5.41) is 2.79. The molecule has 0 aliphatic carbocycles. The van der Waals surface area contributed by atoms with Crippen LogP contribution in [0.4, 0.5) is 0 Å². The van der Waals surface area contributed by atoms with Crippen LogP contribution in [0.25, 0.3) is 0 Å². The van der Waals surface area contributed by atoms with Gasteiger partial charge in [0.05, 0.1) is 12.0 Å². The van der Waals surface area contributed by atoms with E-state index in [9.17, 15) is 9.59 Å². The maximum absolute atomic E-state index is 12.2. The quantitative estimate of drug-likeness (QED) is 0.720. The minimum Gasteiger partial charge on any atom is -0.351 e. The van der Waals surface area contributed by atoms with Crippen molar-refractivity contribution in [2.75, 3.05) is 6.54 Å². The Kier molecular flexibility index (Phi) is 2.35. The Morgan fingerprint density at radius 3 is 3.12 bits per heavy atom. The molecule has 2 amide bonds. The van der Waals surface area contributed by atoms with Crippen LogP contribution in [-0.4, -0.2) is 45.3 Å². The first-order valence-corrected chi connectivity index (χ1v) is 5.84. The van der Waals surface area contributed by atoms with E-state index >= 15 is 0 Å². The number of aromatic nitrogens is 2. The Hall–Kier alpha value is -1.85. The fourth-order valence-corrected chi connectivity index (χ4v) is 2.58. The Morgan fingerprint density at radius 2 is 2.35 bits per heavy atom. The molecule has 0 aromatic carbocycles. The molecular weight excluding hydrogens is 220 g/mol. The van der Waals surface area contributed by atoms with Gasteiger partial charge in [-0.2, -0.15) is 0 Å². The molecule has 0 saturated carbocycles. The van der Waals surface area contributed by atoms with Crippen LogP contribution in [0, 0.1) is 0 Å². The van der Waals surface area contributed by atoms with Gasteiger partial charge < -0.3 is 15.2 Å². The summed E-state index contributed by atoms with van der Waals surface area (Å²) in [6.07, 6.45) is 5.47. The molecule has 2 aliphatic heterocycles. The van der Waals surface area contributed by atoms with Crippen LogP contribution in [-0.2, 0) is 16.0 Å². The van der Waals surface area contributed by atoms with Gasteiger partial charge in [-0.3, -0.25) is 9.59 Å². The smallest absolute Gasteiger partial charge is 0.246 e. The number of nitrogens with one attached hydrogen (secondary N) is 2. The summed E-state index contributed by atoms with van der Waals surface area (Å²) in [5.74, 6) is -0.00210. The number of rotatable bonds is 2. The molecule has 2 aliphatic rings. The van der Waals surface area contributed by atoms with Crippen molar-refractivity contribution in [3.8, 4) is 0 Å². The molecule has 6 nitrogen and oxygen atoms in total. The molecule has 2 saturated heterocycles. The Labute approximate surface area is 98.4 Å². The highest BCUT2D eigenvalue weighted by molar-refractivity contribution is 5.97. The molecule has 2 atom stereocenters. The monoisotopic (exact) mass is 234 g/mol. The van der Waals surface area contributed by atoms with Crippen molar-refractivity contribution >= 4 is 11.8 Å². The number of carbonyl (C=O) groups excluding carboxylic acids is 2. The first-order valence-electron chi connectivity index (χ1n) is 5.84. The summed E-state index contributed by atoms with van der Waals surface area (Å²) in [5.41, 5.74) is 0.793. The second-order valence-electron chi connectivity index (χ2n) is 4.52. The molecule has 0 bridgehead atoms. The van der Waals surface area contributed by atoms with Crippen LogP contribution in [0.2, 0.25) is 0 Å². The minimum absolute atomic E-state index is 0.0232. The van der Waals surface area contributed by atoms with Gasteiger partial charge in [-0.05, 0) is 12.8 Å². The molecule has 0 spiro atoms. The fraction of sp³-hybridized carbons (Fsp3) is 0.545. The van der Waals surface area contributed by atoms with E-state index < -0.39 is 6.04 Å². The van der Waals surface area contributed by atoms with Crippen LogP contribution in [0.5, 0.6) is 0 Å². The van der Waals surface area contributed by atoms with Crippen LogP contribution >= 0.6 is 0 Å². The van der Waals surface area contributed by atoms with E-state index in [0.29, 0.717) is 13.0 Å². The van der Waals surface area contributed by atoms with Crippen LogP contribution in [0.3, 0.4) is 0 Å². The second-order valence-corrected chi connectivity index (χ2v) is 4.52. The molecule has 3 heterocycles. The maximum atomic E-state index is 12.2. The third kappa shape index (κ3) is 1.69. The van der Waals surface area contributed by atoms with Crippen molar-refractivity contribution in [3.05, 3.63) is 18.2 Å². The van der Waals surface area contributed by atoms with Crippen molar-refractivity contribution in [1.82, 2.24) is 20.2 Å². The highest BCUT2D eigenvalue weighted by Gasteiger charge is 2.42. The van der Waals surface area contributed by atoms with Gasteiger partial charge in [0, 0.05) is 19.2 Å². The number of fused-ring (bicyclic) bond motifs is 1. The summed E-state index contributed by atoms with van der Waals surface area (Å²) in [7, 11) is 0. The standard InChI is InChI=1S/C11H14N4O2/c16-10-9-2-1-3-15(9)11(17)8(14-10)4-7-5-12-6-13-7/h5-6,8-9H,1-4H2,(H,12,13)(H,14,16)/t8-,9?/m1/s1. The third-order valence-corrected chi connectivity index (χ3v) is 3.42. The Bertz CT molecular complexity index is 442. The third-order valence-electron chi connectivity index (χ3n) is 3.42. The van der Waals surface area contributed by atoms with Crippen LogP contribution < -0.4 is 5.32 Å². The summed E-state index contributed by atoms with van der Waals surface area (Å²) in [6.45, 7) is 0.702. The van der Waals surface area contributed by atoms with Crippen molar-refractivity contribution in [3.63, 3.8) is 0 Å². The lowest BCUT2D eigenvalue weighted by molar-refractivity contribution is -0.147. The zero-order valence-corrected chi connectivity index (χ0v) is 9.35. The highest BCUT2D eigenvalue weighted by Crippen LogP contribution is 2.22. The number of hydrogen-bond donors (Lipinski definition) is 2. The van der Waals surface area contributed by atoms with Crippen LogP contribution in [0.1, 0.15) is 18.5 Å². The number of imidazole rings is 1. The van der Waals surface area contributed by atoms with Gasteiger partial charge in [0.15, 0.2) is 0 Å². The molecule has 0 radical (unpaired) electrons. The average Bonchev–Trinajstić information content (AvgIpc) is 2.96. The van der Waals surface area contributed by atoms with Gasteiger partial charge in [0.25, 0.3) is 0 Å². The first kappa shape index (κ1) is 10.3. The van der Waals surface area contributed by atoms with E-state index in [1.165, 1.54) is 0 Å². The number of H-pyrrole nitrogens is 1. The molecule has 1 aromatic heterocycles. The largest absolute Gasteiger partial charge is 0.351 e. The lowest BCUT2D eigenvalue weighted by Crippen LogP contribution is -2.61. The van der Waals surface area contributed by atoms with Gasteiger partial charge >= 0.3 is 0 Å². The number of hydrogen-bond acceptors (Lipinski definition) is 3. The summed E-state index contributed by atoms with van der Waals surface area (Å²) >= 11 is 0. The summed E-state index contributed by atoms with van der Waals surface area (Å²) < 4.78 is 0. The Balaban J connectivity index is 1.77. The maximum Gasteiger partial charge on any atom is 0.246 e. The van der Waals surface area contributed by atoms with Crippen molar-refractivity contribution in [2.45, 2.75) is 31.3 Å². The van der Waals surface area contributed by atoms with E-state index in [2.05, 4.69) is 15.3 Å². The number of carbonyl (C=O) groups is 2. The second kappa shape index (κ2) is 3.87. The number of aromatic amines is 1. The van der Waals surface area contributed by atoms with Crippen molar-refractivity contribution in [1.29, 1.82) is 0 Å². The fourth-order valence-electron chi connectivity index (χ4n) is 2.58. The number of piperazine rings is 1. The van der Waals surface area contributed by atoms with Gasteiger partial charge in [-0.1, -0.05) is 0 Å². The van der Waals surface area contributed by atoms with Gasteiger partial charge in [-0.15, -0.1) is 0 Å². The van der Waals surface area contributed by atoms with E-state index in [1.807, 2.05) is 0 Å². The lowest BCUT2D eigenvalue weighted by atomic mass is 10.0. The predicted molar refractivity (Wildman–Crippen MR) is 59.0 cm³/mol. The first-order chi connectivity index (χ1) is 8.25. The molecule has 2 fully saturated rings. The molecular formula is C11H14N4O2. The molecule has 90 valence electrons. The zero-order valence-electron chi connectivity index (χ0n) is 9.35. The molecule has 1 unspecified atom stereocenters. The lowest BCUT2D eigenvalue weighted by Gasteiger charge is -2.34. The van der Waals surface area contributed by atoms with Gasteiger partial charge in [0.2, 0.25) is 11.8 Å². The minimum atomic E-state index is -0.458. The number of nitrogens with zero attached hydrogens (tertiary/aromatic N) is 2. The zero-order chi connectivity index (χ0) is 11.8.